The topological polar surface area (TPSA) is 95.3 Å². The third kappa shape index (κ3) is 6.48. The van der Waals surface area contributed by atoms with Gasteiger partial charge in [-0.2, -0.15) is 0 Å². The van der Waals surface area contributed by atoms with Gasteiger partial charge in [0.25, 0.3) is 0 Å². The molecule has 4 rings (SSSR count). The zero-order chi connectivity index (χ0) is 26.4. The van der Waals surface area contributed by atoms with E-state index in [1.54, 1.807) is 38.1 Å². The molecule has 4 aromatic rings. The van der Waals surface area contributed by atoms with E-state index >= 15 is 0 Å². The number of amides is 1. The summed E-state index contributed by atoms with van der Waals surface area (Å²) < 4.78 is 13.3. The maximum Gasteiger partial charge on any atom is 0.338 e. The number of hydrogen-bond donors (Lipinski definition) is 1. The van der Waals surface area contributed by atoms with E-state index in [9.17, 15) is 9.59 Å². The van der Waals surface area contributed by atoms with Gasteiger partial charge >= 0.3 is 5.97 Å². The molecule has 1 amide bonds. The molecule has 0 unspecified atom stereocenters. The molecule has 0 radical (unpaired) electrons. The third-order valence-corrected chi connectivity index (χ3v) is 6.64. The van der Waals surface area contributed by atoms with Crippen molar-refractivity contribution in [2.45, 2.75) is 52.1 Å². The number of benzene rings is 3. The number of hydrogen-bond acceptors (Lipinski definition) is 7. The number of carbonyl (C=O) groups excluding carboxylic acids is 2. The van der Waals surface area contributed by atoms with Gasteiger partial charge in [-0.15, -0.1) is 10.2 Å². The highest BCUT2D eigenvalue weighted by atomic mass is 32.2. The first-order valence-electron chi connectivity index (χ1n) is 12.1. The third-order valence-electron chi connectivity index (χ3n) is 5.67. The fourth-order valence-electron chi connectivity index (χ4n) is 3.89. The predicted octanol–water partition coefficient (Wildman–Crippen LogP) is 5.63. The summed E-state index contributed by atoms with van der Waals surface area (Å²) in [5, 5.41) is 14.4. The zero-order valence-electron chi connectivity index (χ0n) is 21.4. The Bertz CT molecular complexity index is 1420. The molecular formula is C28H30N4O4S. The Morgan fingerprint density at radius 3 is 2.65 bits per heavy atom. The minimum absolute atomic E-state index is 0.142. The lowest BCUT2D eigenvalue weighted by Gasteiger charge is -2.12. The first kappa shape index (κ1) is 26.2. The van der Waals surface area contributed by atoms with Crippen LogP contribution in [-0.4, -0.2) is 38.5 Å². The van der Waals surface area contributed by atoms with Crippen molar-refractivity contribution >= 4 is 40.1 Å². The van der Waals surface area contributed by atoms with Gasteiger partial charge in [0.05, 0.1) is 17.4 Å². The predicted molar refractivity (Wildman–Crippen MR) is 145 cm³/mol. The molecular weight excluding hydrogens is 488 g/mol. The van der Waals surface area contributed by atoms with Gasteiger partial charge in [-0.05, 0) is 68.3 Å². The number of nitrogens with zero attached hydrogens (tertiary/aromatic N) is 3. The second kappa shape index (κ2) is 11.9. The minimum atomic E-state index is -0.426. The SMILES string of the molecule is CCn1c(COc2ccc3ccccc3c2C)nnc1SCC(=O)Nc1cccc(C(=O)OC(C)C)c1. The lowest BCUT2D eigenvalue weighted by molar-refractivity contribution is -0.113. The van der Waals surface area contributed by atoms with E-state index in [1.807, 2.05) is 42.7 Å². The van der Waals surface area contributed by atoms with E-state index in [2.05, 4.69) is 27.6 Å². The molecule has 0 saturated carbocycles. The van der Waals surface area contributed by atoms with Crippen LogP contribution in [0.2, 0.25) is 0 Å². The maximum absolute atomic E-state index is 12.6. The molecule has 0 saturated heterocycles. The van der Waals surface area contributed by atoms with Crippen LogP contribution >= 0.6 is 11.8 Å². The van der Waals surface area contributed by atoms with E-state index in [1.165, 1.54) is 17.1 Å². The lowest BCUT2D eigenvalue weighted by Crippen LogP contribution is -2.16. The van der Waals surface area contributed by atoms with Crippen LogP contribution in [0.5, 0.6) is 5.75 Å². The molecule has 0 aliphatic rings. The van der Waals surface area contributed by atoms with Crippen molar-refractivity contribution in [3.05, 3.63) is 77.6 Å². The van der Waals surface area contributed by atoms with Crippen molar-refractivity contribution < 1.29 is 19.1 Å². The molecule has 0 aliphatic heterocycles. The standard InChI is InChI=1S/C28H30N4O4S/c1-5-32-25(16-35-24-14-13-20-9-6-7-12-23(20)19(24)4)30-31-28(32)37-17-26(33)29-22-11-8-10-21(15-22)27(34)36-18(2)3/h6-15,18H,5,16-17H2,1-4H3,(H,29,33). The summed E-state index contributed by atoms with van der Waals surface area (Å²) in [4.78, 5) is 24.7. The maximum atomic E-state index is 12.6. The summed E-state index contributed by atoms with van der Waals surface area (Å²) in [6, 6.07) is 18.9. The number of rotatable bonds is 10. The average molecular weight is 519 g/mol. The number of nitrogens with one attached hydrogen (secondary N) is 1. The van der Waals surface area contributed by atoms with E-state index in [4.69, 9.17) is 9.47 Å². The molecule has 192 valence electrons. The Labute approximate surface area is 220 Å². The Hall–Kier alpha value is -3.85. The monoisotopic (exact) mass is 518 g/mol. The van der Waals surface area contributed by atoms with Crippen molar-refractivity contribution in [1.82, 2.24) is 14.8 Å². The number of ether oxygens (including phenoxy) is 2. The largest absolute Gasteiger partial charge is 0.485 e. The van der Waals surface area contributed by atoms with Crippen molar-refractivity contribution in [2.24, 2.45) is 0 Å². The molecule has 0 spiro atoms. The summed E-state index contributed by atoms with van der Waals surface area (Å²) in [5.74, 6) is 0.996. The fraction of sp³-hybridized carbons (Fsp3) is 0.286. The highest BCUT2D eigenvalue weighted by Crippen LogP contribution is 2.28. The molecule has 0 bridgehead atoms. The average Bonchev–Trinajstić information content (AvgIpc) is 3.28. The zero-order valence-corrected chi connectivity index (χ0v) is 22.2. The summed E-state index contributed by atoms with van der Waals surface area (Å²) in [5.41, 5.74) is 1.99. The second-order valence-electron chi connectivity index (χ2n) is 8.71. The van der Waals surface area contributed by atoms with Gasteiger partial charge in [0.1, 0.15) is 12.4 Å². The van der Waals surface area contributed by atoms with Crippen LogP contribution < -0.4 is 10.1 Å². The van der Waals surface area contributed by atoms with Crippen molar-refractivity contribution in [3.8, 4) is 5.75 Å². The van der Waals surface area contributed by atoms with Gasteiger partial charge in [-0.25, -0.2) is 4.79 Å². The molecule has 1 aromatic heterocycles. The Kier molecular flexibility index (Phi) is 8.45. The molecule has 1 N–H and O–H groups in total. The summed E-state index contributed by atoms with van der Waals surface area (Å²) in [7, 11) is 0. The van der Waals surface area contributed by atoms with E-state index in [-0.39, 0.29) is 24.4 Å². The highest BCUT2D eigenvalue weighted by Gasteiger charge is 2.15. The number of aryl methyl sites for hydroxylation is 1. The number of anilines is 1. The number of carbonyl (C=O) groups is 2. The van der Waals surface area contributed by atoms with Crippen LogP contribution in [0.25, 0.3) is 10.8 Å². The number of thioether (sulfide) groups is 1. The Morgan fingerprint density at radius 2 is 1.86 bits per heavy atom. The van der Waals surface area contributed by atoms with Gasteiger partial charge < -0.3 is 19.4 Å². The number of aromatic nitrogens is 3. The molecule has 37 heavy (non-hydrogen) atoms. The van der Waals surface area contributed by atoms with E-state index in [0.29, 0.717) is 28.8 Å². The minimum Gasteiger partial charge on any atom is -0.485 e. The smallest absolute Gasteiger partial charge is 0.338 e. The fourth-order valence-corrected chi connectivity index (χ4v) is 4.71. The van der Waals surface area contributed by atoms with Crippen LogP contribution in [0.4, 0.5) is 5.69 Å². The van der Waals surface area contributed by atoms with Gasteiger partial charge in [0.2, 0.25) is 5.91 Å². The summed E-state index contributed by atoms with van der Waals surface area (Å²) >= 11 is 1.30. The van der Waals surface area contributed by atoms with Crippen LogP contribution in [0.3, 0.4) is 0 Å². The van der Waals surface area contributed by atoms with Crippen molar-refractivity contribution in [3.63, 3.8) is 0 Å². The van der Waals surface area contributed by atoms with Gasteiger partial charge in [-0.3, -0.25) is 4.79 Å². The van der Waals surface area contributed by atoms with E-state index < -0.39 is 5.97 Å². The normalized spacial score (nSPS) is 11.1. The molecule has 0 fully saturated rings. The summed E-state index contributed by atoms with van der Waals surface area (Å²) in [6.45, 7) is 8.54. The molecule has 9 heteroatoms. The Morgan fingerprint density at radius 1 is 1.05 bits per heavy atom. The van der Waals surface area contributed by atoms with Crippen LogP contribution in [0.1, 0.15) is 42.5 Å². The molecule has 8 nitrogen and oxygen atoms in total. The second-order valence-corrected chi connectivity index (χ2v) is 9.66. The van der Waals surface area contributed by atoms with Gasteiger partial charge in [0.15, 0.2) is 11.0 Å². The first-order valence-corrected chi connectivity index (χ1v) is 13.1. The lowest BCUT2D eigenvalue weighted by atomic mass is 10.0. The number of esters is 1. The van der Waals surface area contributed by atoms with E-state index in [0.717, 1.165) is 16.7 Å². The van der Waals surface area contributed by atoms with Crippen molar-refractivity contribution in [2.75, 3.05) is 11.1 Å². The Balaban J connectivity index is 1.36. The molecule has 3 aromatic carbocycles. The van der Waals surface area contributed by atoms with Gasteiger partial charge in [-0.1, -0.05) is 48.2 Å². The van der Waals surface area contributed by atoms with Crippen LogP contribution in [0.15, 0.2) is 65.8 Å². The molecule has 1 heterocycles. The molecule has 0 atom stereocenters. The molecule has 0 aliphatic carbocycles. The highest BCUT2D eigenvalue weighted by molar-refractivity contribution is 7.99. The number of fused-ring (bicyclic) bond motifs is 1. The van der Waals surface area contributed by atoms with Crippen molar-refractivity contribution in [1.29, 1.82) is 0 Å². The first-order chi connectivity index (χ1) is 17.9. The summed E-state index contributed by atoms with van der Waals surface area (Å²) in [6.07, 6.45) is -0.218. The van der Waals surface area contributed by atoms with Gasteiger partial charge in [0, 0.05) is 12.2 Å². The van der Waals surface area contributed by atoms with Crippen LogP contribution in [0, 0.1) is 6.92 Å². The van der Waals surface area contributed by atoms with Crippen LogP contribution in [-0.2, 0) is 22.7 Å². The quantitative estimate of drug-likeness (QED) is 0.215.